The summed E-state index contributed by atoms with van der Waals surface area (Å²) in [4.78, 5) is 51.1. The highest BCUT2D eigenvalue weighted by Gasteiger charge is 2.36. The van der Waals surface area contributed by atoms with Crippen LogP contribution in [0.15, 0.2) is 59.5 Å². The van der Waals surface area contributed by atoms with E-state index in [0.29, 0.717) is 26.3 Å². The van der Waals surface area contributed by atoms with Crippen molar-refractivity contribution in [2.24, 2.45) is 0 Å². The summed E-state index contributed by atoms with van der Waals surface area (Å²) >= 11 is 2.78. The van der Waals surface area contributed by atoms with Gasteiger partial charge >= 0.3 is 5.97 Å². The zero-order valence-electron chi connectivity index (χ0n) is 20.5. The van der Waals surface area contributed by atoms with Gasteiger partial charge in [-0.15, -0.1) is 0 Å². The number of benzene rings is 3. The fraction of sp³-hybridized carbons (Fsp3) is 0.185. The molecule has 0 aliphatic carbocycles. The third kappa shape index (κ3) is 6.27. The van der Waals surface area contributed by atoms with Crippen LogP contribution in [0, 0.1) is 3.57 Å². The first-order valence-electron chi connectivity index (χ1n) is 11.5. The number of halogens is 1. The van der Waals surface area contributed by atoms with Crippen LogP contribution in [0.2, 0.25) is 0 Å². The number of imide groups is 1. The molecule has 0 unspecified atom stereocenters. The number of nitrogens with zero attached hydrogens (tertiary/aromatic N) is 1. The minimum atomic E-state index is -0.565. The number of carbonyl (C=O) groups is 4. The number of hydrogen-bond acceptors (Lipinski definition) is 8. The summed E-state index contributed by atoms with van der Waals surface area (Å²) in [6.07, 6.45) is 1.55. The van der Waals surface area contributed by atoms with Crippen LogP contribution in [-0.4, -0.2) is 54.8 Å². The fourth-order valence-corrected chi connectivity index (χ4v) is 5.37. The second-order valence-corrected chi connectivity index (χ2v) is 10.1. The molecule has 9 nitrogen and oxygen atoms in total. The van der Waals surface area contributed by atoms with Gasteiger partial charge < -0.3 is 19.5 Å². The summed E-state index contributed by atoms with van der Waals surface area (Å²) in [6.45, 7) is 1.26. The highest BCUT2D eigenvalue weighted by Crippen LogP contribution is 2.37. The van der Waals surface area contributed by atoms with Gasteiger partial charge in [-0.3, -0.25) is 19.3 Å². The molecule has 3 amide bonds. The average Bonchev–Trinajstić information content (AvgIpc) is 3.15. The number of amides is 3. The van der Waals surface area contributed by atoms with E-state index < -0.39 is 29.6 Å². The molecule has 1 N–H and O–H groups in total. The Morgan fingerprint density at radius 3 is 2.63 bits per heavy atom. The maximum absolute atomic E-state index is 13.0. The van der Waals surface area contributed by atoms with Gasteiger partial charge in [0.1, 0.15) is 6.54 Å². The second kappa shape index (κ2) is 12.3. The Hall–Kier alpha value is -3.58. The summed E-state index contributed by atoms with van der Waals surface area (Å²) in [5, 5.41) is 4.08. The van der Waals surface area contributed by atoms with E-state index in [2.05, 4.69) is 5.32 Å². The molecular weight excluding hydrogens is 623 g/mol. The van der Waals surface area contributed by atoms with E-state index in [-0.39, 0.29) is 18.1 Å². The molecule has 1 heterocycles. The Labute approximate surface area is 236 Å². The molecule has 4 rings (SSSR count). The minimum Gasteiger partial charge on any atom is -0.493 e. The van der Waals surface area contributed by atoms with E-state index in [1.807, 2.05) is 59.0 Å². The lowest BCUT2D eigenvalue weighted by atomic mass is 10.1. The highest BCUT2D eigenvalue weighted by atomic mass is 127. The fourth-order valence-electron chi connectivity index (χ4n) is 3.75. The van der Waals surface area contributed by atoms with Gasteiger partial charge in [0.15, 0.2) is 18.1 Å². The van der Waals surface area contributed by atoms with E-state index in [1.165, 1.54) is 7.11 Å². The van der Waals surface area contributed by atoms with Crippen LogP contribution in [0.1, 0.15) is 12.5 Å². The van der Waals surface area contributed by atoms with Crippen molar-refractivity contribution in [2.75, 3.05) is 32.2 Å². The van der Waals surface area contributed by atoms with E-state index in [0.717, 1.165) is 27.4 Å². The number of ether oxygens (including phenoxy) is 3. The number of carbonyl (C=O) groups excluding carboxylic acids is 4. The van der Waals surface area contributed by atoms with E-state index in [9.17, 15) is 19.2 Å². The van der Waals surface area contributed by atoms with Crippen LogP contribution in [0.25, 0.3) is 16.8 Å². The van der Waals surface area contributed by atoms with Gasteiger partial charge in [0.2, 0.25) is 5.91 Å². The molecule has 38 heavy (non-hydrogen) atoms. The monoisotopic (exact) mass is 646 g/mol. The molecule has 1 saturated heterocycles. The molecule has 0 atom stereocenters. The van der Waals surface area contributed by atoms with Crippen molar-refractivity contribution in [3.05, 3.63) is 68.6 Å². The third-order valence-electron chi connectivity index (χ3n) is 5.43. The Kier molecular flexibility index (Phi) is 8.89. The van der Waals surface area contributed by atoms with Crippen molar-refractivity contribution in [2.45, 2.75) is 6.92 Å². The summed E-state index contributed by atoms with van der Waals surface area (Å²) in [7, 11) is 1.45. The van der Waals surface area contributed by atoms with Crippen LogP contribution in [-0.2, 0) is 19.1 Å². The number of nitrogens with one attached hydrogen (secondary N) is 1. The molecule has 0 bridgehead atoms. The number of methoxy groups -OCH3 is 1. The number of hydrogen-bond donors (Lipinski definition) is 1. The lowest BCUT2D eigenvalue weighted by Crippen LogP contribution is -2.36. The van der Waals surface area contributed by atoms with E-state index in [1.54, 1.807) is 31.2 Å². The SMILES string of the molecule is CCOC(=O)COc1c(I)cc(/C=C2/SC(=O)N(CC(=O)Nc3cccc4ccccc34)C2=O)cc1OC. The van der Waals surface area contributed by atoms with Gasteiger partial charge in [0.05, 0.1) is 22.2 Å². The molecule has 0 saturated carbocycles. The zero-order valence-corrected chi connectivity index (χ0v) is 23.5. The zero-order chi connectivity index (χ0) is 27.2. The average molecular weight is 646 g/mol. The summed E-state index contributed by atoms with van der Waals surface area (Å²) in [5.74, 6) is -0.848. The predicted molar refractivity (Wildman–Crippen MR) is 153 cm³/mol. The molecule has 1 aliphatic heterocycles. The lowest BCUT2D eigenvalue weighted by molar-refractivity contribution is -0.145. The van der Waals surface area contributed by atoms with Crippen LogP contribution in [0.3, 0.4) is 0 Å². The van der Waals surface area contributed by atoms with Crippen molar-refractivity contribution in [3.63, 3.8) is 0 Å². The van der Waals surface area contributed by atoms with Crippen molar-refractivity contribution in [3.8, 4) is 11.5 Å². The van der Waals surface area contributed by atoms with Crippen molar-refractivity contribution in [1.82, 2.24) is 4.90 Å². The van der Waals surface area contributed by atoms with Gasteiger partial charge in [-0.2, -0.15) is 0 Å². The van der Waals surface area contributed by atoms with Gasteiger partial charge in [-0.25, -0.2) is 4.79 Å². The predicted octanol–water partition coefficient (Wildman–Crippen LogP) is 5.07. The normalized spacial score (nSPS) is 14.2. The molecular formula is C27H23IN2O7S. The smallest absolute Gasteiger partial charge is 0.344 e. The molecule has 0 spiro atoms. The molecule has 196 valence electrons. The Morgan fingerprint density at radius 2 is 1.87 bits per heavy atom. The van der Waals surface area contributed by atoms with Gasteiger partial charge in [0, 0.05) is 11.1 Å². The standard InChI is InChI=1S/C27H23IN2O7S/c1-3-36-24(32)15-37-25-19(28)11-16(12-21(25)35-2)13-22-26(33)30(27(34)38-22)14-23(31)29-20-10-6-8-17-7-4-5-9-18(17)20/h4-13H,3,14-15H2,1-2H3,(H,29,31)/b22-13+. The number of anilines is 1. The van der Waals surface area contributed by atoms with Gasteiger partial charge in [-0.1, -0.05) is 36.4 Å². The Morgan fingerprint density at radius 1 is 1.11 bits per heavy atom. The van der Waals surface area contributed by atoms with Gasteiger partial charge in [0.25, 0.3) is 11.1 Å². The van der Waals surface area contributed by atoms with Crippen LogP contribution in [0.4, 0.5) is 10.5 Å². The van der Waals surface area contributed by atoms with Crippen molar-refractivity contribution < 1.29 is 33.4 Å². The molecule has 11 heteroatoms. The van der Waals surface area contributed by atoms with Gasteiger partial charge in [-0.05, 0) is 76.5 Å². The topological polar surface area (TPSA) is 111 Å². The highest BCUT2D eigenvalue weighted by molar-refractivity contribution is 14.1. The first-order valence-corrected chi connectivity index (χ1v) is 13.4. The van der Waals surface area contributed by atoms with Crippen LogP contribution >= 0.6 is 34.4 Å². The molecule has 3 aromatic carbocycles. The third-order valence-corrected chi connectivity index (χ3v) is 7.14. The summed E-state index contributed by atoms with van der Waals surface area (Å²) in [5.41, 5.74) is 1.18. The van der Waals surface area contributed by atoms with E-state index in [4.69, 9.17) is 14.2 Å². The molecule has 1 aliphatic rings. The summed E-state index contributed by atoms with van der Waals surface area (Å²) in [6, 6.07) is 16.5. The number of esters is 1. The van der Waals surface area contributed by atoms with Crippen LogP contribution < -0.4 is 14.8 Å². The first kappa shape index (κ1) is 27.5. The Balaban J connectivity index is 1.47. The maximum atomic E-state index is 13.0. The lowest BCUT2D eigenvalue weighted by Gasteiger charge is -2.14. The largest absolute Gasteiger partial charge is 0.493 e. The van der Waals surface area contributed by atoms with Crippen molar-refractivity contribution in [1.29, 1.82) is 0 Å². The Bertz CT molecular complexity index is 1450. The van der Waals surface area contributed by atoms with E-state index >= 15 is 0 Å². The first-order chi connectivity index (χ1) is 18.3. The second-order valence-electron chi connectivity index (χ2n) is 7.97. The summed E-state index contributed by atoms with van der Waals surface area (Å²) < 4.78 is 16.5. The number of fused-ring (bicyclic) bond motifs is 1. The molecule has 1 fully saturated rings. The molecule has 0 aromatic heterocycles. The van der Waals surface area contributed by atoms with Crippen molar-refractivity contribution >= 4 is 79.9 Å². The number of thioether (sulfide) groups is 1. The quantitative estimate of drug-likeness (QED) is 0.195. The molecule has 0 radical (unpaired) electrons. The number of rotatable bonds is 9. The van der Waals surface area contributed by atoms with Crippen LogP contribution in [0.5, 0.6) is 11.5 Å². The molecule has 3 aromatic rings. The maximum Gasteiger partial charge on any atom is 0.344 e. The minimum absolute atomic E-state index is 0.172.